The van der Waals surface area contributed by atoms with Gasteiger partial charge in [0.2, 0.25) is 0 Å². The van der Waals surface area contributed by atoms with E-state index in [0.717, 1.165) is 11.1 Å². The smallest absolute Gasteiger partial charge is 0.407 e. The Morgan fingerprint density at radius 1 is 1.00 bits per heavy atom. The lowest BCUT2D eigenvalue weighted by Gasteiger charge is -2.44. The van der Waals surface area contributed by atoms with Gasteiger partial charge in [0.25, 0.3) is 0 Å². The summed E-state index contributed by atoms with van der Waals surface area (Å²) in [5.41, 5.74) is 2.05. The molecule has 6 unspecified atom stereocenters. The number of carbonyl (C=O) groups excluding carboxylic acids is 2. The Labute approximate surface area is 188 Å². The minimum absolute atomic E-state index is 0.197. The van der Waals surface area contributed by atoms with Gasteiger partial charge >= 0.3 is 12.1 Å². The number of benzene rings is 2. The molecule has 1 saturated heterocycles. The van der Waals surface area contributed by atoms with Gasteiger partial charge in [0, 0.05) is 12.8 Å². The van der Waals surface area contributed by atoms with Crippen molar-refractivity contribution in [2.45, 2.75) is 63.9 Å². The van der Waals surface area contributed by atoms with Crippen molar-refractivity contribution in [3.8, 4) is 0 Å². The summed E-state index contributed by atoms with van der Waals surface area (Å²) in [6.45, 7) is 3.99. The molecule has 170 valence electrons. The molecule has 1 saturated carbocycles. The van der Waals surface area contributed by atoms with Crippen molar-refractivity contribution < 1.29 is 28.5 Å². The van der Waals surface area contributed by atoms with Crippen LogP contribution < -0.4 is 5.32 Å². The highest BCUT2D eigenvalue weighted by molar-refractivity contribution is 5.70. The van der Waals surface area contributed by atoms with Gasteiger partial charge in [0.1, 0.15) is 18.3 Å². The summed E-state index contributed by atoms with van der Waals surface area (Å²) in [7, 11) is 0. The molecule has 1 N–H and O–H groups in total. The number of rotatable bonds is 8. The van der Waals surface area contributed by atoms with E-state index in [4.69, 9.17) is 18.9 Å². The summed E-state index contributed by atoms with van der Waals surface area (Å²) in [5.74, 6) is -0.554. The number of esters is 1. The van der Waals surface area contributed by atoms with E-state index in [0.29, 0.717) is 19.6 Å². The lowest BCUT2D eigenvalue weighted by Crippen LogP contribution is -2.59. The number of amides is 1. The van der Waals surface area contributed by atoms with Gasteiger partial charge in [-0.1, -0.05) is 60.7 Å². The monoisotopic (exact) mass is 439 g/mol. The van der Waals surface area contributed by atoms with E-state index in [1.54, 1.807) is 0 Å². The maximum atomic E-state index is 12.1. The first-order valence-corrected chi connectivity index (χ1v) is 11.0. The molecule has 1 amide bonds. The van der Waals surface area contributed by atoms with Crippen molar-refractivity contribution in [1.29, 1.82) is 0 Å². The van der Waals surface area contributed by atoms with Crippen molar-refractivity contribution >= 4 is 12.1 Å². The van der Waals surface area contributed by atoms with Crippen LogP contribution in [0.3, 0.4) is 0 Å². The first-order chi connectivity index (χ1) is 15.5. The van der Waals surface area contributed by atoms with E-state index in [-0.39, 0.29) is 24.0 Å². The van der Waals surface area contributed by atoms with Crippen molar-refractivity contribution in [3.63, 3.8) is 0 Å². The fourth-order valence-corrected chi connectivity index (χ4v) is 4.57. The lowest BCUT2D eigenvalue weighted by atomic mass is 9.77. The van der Waals surface area contributed by atoms with Crippen LogP contribution >= 0.6 is 0 Å². The van der Waals surface area contributed by atoms with Gasteiger partial charge in [-0.3, -0.25) is 4.79 Å². The molecule has 32 heavy (non-hydrogen) atoms. The molecular weight excluding hydrogens is 410 g/mol. The van der Waals surface area contributed by atoms with Gasteiger partial charge in [-0.05, 0) is 24.5 Å². The minimum atomic E-state index is -0.466. The van der Waals surface area contributed by atoms with Crippen LogP contribution in [0.25, 0.3) is 0 Å². The summed E-state index contributed by atoms with van der Waals surface area (Å²) in [6.07, 6.45) is -1.61. The van der Waals surface area contributed by atoms with Crippen molar-refractivity contribution in [3.05, 3.63) is 71.8 Å². The van der Waals surface area contributed by atoms with Crippen LogP contribution in [0.1, 0.15) is 31.4 Å². The molecule has 7 heteroatoms. The Bertz CT molecular complexity index is 905. The van der Waals surface area contributed by atoms with E-state index in [1.165, 1.54) is 6.92 Å². The van der Waals surface area contributed by atoms with Gasteiger partial charge in [0.05, 0.1) is 25.4 Å². The van der Waals surface area contributed by atoms with Gasteiger partial charge in [0.15, 0.2) is 0 Å². The van der Waals surface area contributed by atoms with Crippen LogP contribution in [0, 0.1) is 5.92 Å². The third-order valence-electron chi connectivity index (χ3n) is 6.07. The van der Waals surface area contributed by atoms with E-state index < -0.39 is 24.4 Å². The highest BCUT2D eigenvalue weighted by Crippen LogP contribution is 2.37. The second kappa shape index (κ2) is 10.1. The Hall–Kier alpha value is -2.90. The highest BCUT2D eigenvalue weighted by atomic mass is 16.6. The third kappa shape index (κ3) is 5.29. The Morgan fingerprint density at radius 2 is 1.56 bits per heavy atom. The number of hydrogen-bond donors (Lipinski definition) is 1. The zero-order valence-corrected chi connectivity index (χ0v) is 18.3. The van der Waals surface area contributed by atoms with Gasteiger partial charge in [-0.2, -0.15) is 0 Å². The number of nitrogens with one attached hydrogen (secondary N) is 1. The van der Waals surface area contributed by atoms with Gasteiger partial charge in [-0.25, -0.2) is 4.79 Å². The standard InChI is InChI=1S/C25H29NO6/c1-16(31-17(2)27)20-13-21-22(26-25(28)32-21)24(30-15-19-11-7-4-8-12-19)23(20)29-14-18-9-5-3-6-10-18/h3-12,16,20-24H,13-15H2,1-2H3,(H,26,28). The Balaban J connectivity index is 1.59. The average molecular weight is 440 g/mol. The molecule has 7 nitrogen and oxygen atoms in total. The van der Waals surface area contributed by atoms with Crippen LogP contribution in [0.4, 0.5) is 4.79 Å². The maximum Gasteiger partial charge on any atom is 0.407 e. The predicted octanol–water partition coefficient (Wildman–Crippen LogP) is 3.61. The largest absolute Gasteiger partial charge is 0.462 e. The summed E-state index contributed by atoms with van der Waals surface area (Å²) in [4.78, 5) is 23.7. The summed E-state index contributed by atoms with van der Waals surface area (Å²) < 4.78 is 23.8. The molecule has 1 aliphatic carbocycles. The first-order valence-electron chi connectivity index (χ1n) is 11.0. The van der Waals surface area contributed by atoms with Crippen LogP contribution in [-0.4, -0.2) is 42.5 Å². The third-order valence-corrected chi connectivity index (χ3v) is 6.07. The highest BCUT2D eigenvalue weighted by Gasteiger charge is 2.53. The topological polar surface area (TPSA) is 83.1 Å². The van der Waals surface area contributed by atoms with E-state index in [1.807, 2.05) is 67.6 Å². The normalized spacial score (nSPS) is 27.7. The molecule has 0 bridgehead atoms. The van der Waals surface area contributed by atoms with Gasteiger partial charge < -0.3 is 24.3 Å². The molecule has 2 fully saturated rings. The summed E-state index contributed by atoms with van der Waals surface area (Å²) in [6, 6.07) is 19.4. The molecule has 0 aromatic heterocycles. The number of carbonyl (C=O) groups is 2. The molecule has 1 aliphatic heterocycles. The Morgan fingerprint density at radius 3 is 2.12 bits per heavy atom. The fraction of sp³-hybridized carbons (Fsp3) is 0.440. The van der Waals surface area contributed by atoms with Gasteiger partial charge in [-0.15, -0.1) is 0 Å². The SMILES string of the molecule is CC(=O)OC(C)C1CC2OC(=O)NC2C(OCc2ccccc2)C1OCc1ccccc1. The summed E-state index contributed by atoms with van der Waals surface area (Å²) >= 11 is 0. The van der Waals surface area contributed by atoms with E-state index in [9.17, 15) is 9.59 Å². The average Bonchev–Trinajstić information content (AvgIpc) is 3.16. The molecule has 2 aliphatic rings. The number of alkyl carbamates (subject to hydrolysis) is 1. The van der Waals surface area contributed by atoms with Crippen LogP contribution in [-0.2, 0) is 37.0 Å². The second-order valence-electron chi connectivity index (χ2n) is 8.35. The zero-order valence-electron chi connectivity index (χ0n) is 18.3. The molecule has 2 aromatic rings. The van der Waals surface area contributed by atoms with E-state index in [2.05, 4.69) is 5.32 Å². The number of hydrogen-bond acceptors (Lipinski definition) is 6. The van der Waals surface area contributed by atoms with Crippen LogP contribution in [0.15, 0.2) is 60.7 Å². The van der Waals surface area contributed by atoms with Crippen LogP contribution in [0.2, 0.25) is 0 Å². The molecule has 6 atom stereocenters. The number of ether oxygens (including phenoxy) is 4. The Kier molecular flexibility index (Phi) is 7.07. The first kappa shape index (κ1) is 22.3. The number of fused-ring (bicyclic) bond motifs is 1. The fourth-order valence-electron chi connectivity index (χ4n) is 4.57. The van der Waals surface area contributed by atoms with Crippen molar-refractivity contribution in [2.75, 3.05) is 0 Å². The van der Waals surface area contributed by atoms with Crippen LogP contribution in [0.5, 0.6) is 0 Å². The maximum absolute atomic E-state index is 12.1. The molecule has 4 rings (SSSR count). The molecule has 2 aromatic carbocycles. The molecule has 0 spiro atoms. The molecule has 0 radical (unpaired) electrons. The minimum Gasteiger partial charge on any atom is -0.462 e. The zero-order chi connectivity index (χ0) is 22.5. The van der Waals surface area contributed by atoms with E-state index >= 15 is 0 Å². The molecular formula is C25H29NO6. The lowest BCUT2D eigenvalue weighted by molar-refractivity contribution is -0.181. The summed E-state index contributed by atoms with van der Waals surface area (Å²) in [5, 5.41) is 2.90. The van der Waals surface area contributed by atoms with Crippen molar-refractivity contribution in [1.82, 2.24) is 5.32 Å². The second-order valence-corrected chi connectivity index (χ2v) is 8.35. The quantitative estimate of drug-likeness (QED) is 0.633. The molecule has 1 heterocycles. The van der Waals surface area contributed by atoms with Crippen molar-refractivity contribution in [2.24, 2.45) is 5.92 Å². The predicted molar refractivity (Wildman–Crippen MR) is 117 cm³/mol.